The van der Waals surface area contributed by atoms with Gasteiger partial charge in [0.05, 0.1) is 37.7 Å². The zero-order valence-corrected chi connectivity index (χ0v) is 31.3. The number of nitrogens with zero attached hydrogens (tertiary/aromatic N) is 4. The van der Waals surface area contributed by atoms with Crippen LogP contribution in [0.1, 0.15) is 52.9 Å². The SMILES string of the molecule is O=S(=O)(O)c1ccc2c(c1)Cc1c(C(F)=CCCCC=C(F)c3nn(-c4ccc(Cl)cc4Cl)c4c3Cc3ccccc3-4)nn(-c3ccc(Cl)cc3Cl)c1-2. The van der Waals surface area contributed by atoms with E-state index in [0.29, 0.717) is 68.1 Å². The molecule has 14 heteroatoms. The normalized spacial score (nSPS) is 13.6. The summed E-state index contributed by atoms with van der Waals surface area (Å²) in [6.45, 7) is 0. The van der Waals surface area contributed by atoms with Gasteiger partial charge >= 0.3 is 0 Å². The quantitative estimate of drug-likeness (QED) is 0.116. The van der Waals surface area contributed by atoms with Crippen LogP contribution in [-0.4, -0.2) is 32.5 Å². The minimum Gasteiger partial charge on any atom is -0.282 e. The van der Waals surface area contributed by atoms with Crippen LogP contribution in [-0.2, 0) is 23.0 Å². The molecule has 0 radical (unpaired) electrons. The Balaban J connectivity index is 1.06. The maximum absolute atomic E-state index is 16.0. The lowest BCUT2D eigenvalue weighted by Gasteiger charge is -2.10. The van der Waals surface area contributed by atoms with E-state index in [0.717, 1.165) is 22.4 Å². The summed E-state index contributed by atoms with van der Waals surface area (Å²) in [5, 5.41) is 10.8. The molecule has 0 unspecified atom stereocenters. The fourth-order valence-electron chi connectivity index (χ4n) is 6.99. The predicted octanol–water partition coefficient (Wildman–Crippen LogP) is 11.6. The first-order valence-electron chi connectivity index (χ1n) is 16.4. The topological polar surface area (TPSA) is 90.0 Å². The molecule has 4 aromatic carbocycles. The second-order valence-corrected chi connectivity index (χ2v) is 15.8. The van der Waals surface area contributed by atoms with Crippen LogP contribution >= 0.6 is 46.4 Å². The van der Waals surface area contributed by atoms with Gasteiger partial charge < -0.3 is 0 Å². The summed E-state index contributed by atoms with van der Waals surface area (Å²) in [6.07, 6.45) is 4.56. The van der Waals surface area contributed by atoms with Crippen LogP contribution < -0.4 is 0 Å². The molecule has 7 nitrogen and oxygen atoms in total. The summed E-state index contributed by atoms with van der Waals surface area (Å²) in [6, 6.07) is 22.0. The first-order chi connectivity index (χ1) is 25.4. The Morgan fingerprint density at radius 1 is 0.698 bits per heavy atom. The number of benzene rings is 4. The molecule has 0 saturated heterocycles. The lowest BCUT2D eigenvalue weighted by Crippen LogP contribution is -2.02. The summed E-state index contributed by atoms with van der Waals surface area (Å²) < 4.78 is 68.4. The molecule has 53 heavy (non-hydrogen) atoms. The smallest absolute Gasteiger partial charge is 0.282 e. The summed E-state index contributed by atoms with van der Waals surface area (Å²) in [5.41, 5.74) is 7.15. The molecular formula is C39H26Cl4F2N4O3S. The van der Waals surface area contributed by atoms with Crippen molar-refractivity contribution in [3.8, 4) is 33.9 Å². The number of allylic oxidation sites excluding steroid dienone is 2. The fraction of sp³-hybridized carbons (Fsp3) is 0.128. The highest BCUT2D eigenvalue weighted by atomic mass is 35.5. The molecule has 0 saturated carbocycles. The molecule has 6 aromatic rings. The van der Waals surface area contributed by atoms with Crippen LogP contribution in [0.2, 0.25) is 20.1 Å². The average Bonchev–Trinajstić information content (AvgIpc) is 3.86. The number of hydrogen-bond acceptors (Lipinski definition) is 4. The molecular weight excluding hydrogens is 784 g/mol. The number of halogens is 6. The average molecular weight is 811 g/mol. The van der Waals surface area contributed by atoms with Crippen LogP contribution in [0, 0.1) is 0 Å². The second kappa shape index (κ2) is 13.8. The lowest BCUT2D eigenvalue weighted by atomic mass is 10.1. The van der Waals surface area contributed by atoms with Gasteiger partial charge in [0, 0.05) is 45.1 Å². The Labute approximate surface area is 323 Å². The molecule has 0 spiro atoms. The number of aromatic nitrogens is 4. The third-order valence-electron chi connectivity index (χ3n) is 9.39. The van der Waals surface area contributed by atoms with Crippen molar-refractivity contribution in [2.75, 3.05) is 0 Å². The Morgan fingerprint density at radius 2 is 1.21 bits per heavy atom. The summed E-state index contributed by atoms with van der Waals surface area (Å²) >= 11 is 25.4. The summed E-state index contributed by atoms with van der Waals surface area (Å²) in [5.74, 6) is -1.08. The van der Waals surface area contributed by atoms with E-state index in [1.807, 2.05) is 24.3 Å². The van der Waals surface area contributed by atoms with Gasteiger partial charge in [-0.05, 0) is 91.1 Å². The Kier molecular flexibility index (Phi) is 9.33. The molecule has 0 fully saturated rings. The van der Waals surface area contributed by atoms with Crippen LogP contribution in [0.3, 0.4) is 0 Å². The van der Waals surface area contributed by atoms with E-state index in [-0.39, 0.29) is 34.1 Å². The van der Waals surface area contributed by atoms with E-state index in [2.05, 4.69) is 10.2 Å². The van der Waals surface area contributed by atoms with Gasteiger partial charge in [-0.1, -0.05) is 76.7 Å². The molecule has 268 valence electrons. The molecule has 8 rings (SSSR count). The van der Waals surface area contributed by atoms with Crippen molar-refractivity contribution in [1.82, 2.24) is 19.6 Å². The van der Waals surface area contributed by atoms with E-state index >= 15 is 8.78 Å². The van der Waals surface area contributed by atoms with Gasteiger partial charge in [-0.2, -0.15) is 18.6 Å². The van der Waals surface area contributed by atoms with Gasteiger partial charge in [-0.15, -0.1) is 0 Å². The van der Waals surface area contributed by atoms with Crippen LogP contribution in [0.4, 0.5) is 8.78 Å². The van der Waals surface area contributed by atoms with Gasteiger partial charge in [0.2, 0.25) is 0 Å². The second-order valence-electron chi connectivity index (χ2n) is 12.7. The number of unbranched alkanes of at least 4 members (excludes halogenated alkanes) is 2. The molecule has 0 bridgehead atoms. The molecule has 0 atom stereocenters. The van der Waals surface area contributed by atoms with E-state index in [4.69, 9.17) is 46.4 Å². The van der Waals surface area contributed by atoms with Crippen molar-refractivity contribution in [3.63, 3.8) is 0 Å². The highest BCUT2D eigenvalue weighted by Crippen LogP contribution is 2.45. The van der Waals surface area contributed by atoms with Gasteiger partial charge in [-0.25, -0.2) is 18.1 Å². The fourth-order valence-corrected chi connectivity index (χ4v) is 8.50. The van der Waals surface area contributed by atoms with E-state index < -0.39 is 21.8 Å². The maximum Gasteiger partial charge on any atom is 0.294 e. The first-order valence-corrected chi connectivity index (χ1v) is 19.4. The highest BCUT2D eigenvalue weighted by Gasteiger charge is 2.32. The zero-order valence-electron chi connectivity index (χ0n) is 27.4. The van der Waals surface area contributed by atoms with Crippen molar-refractivity contribution < 1.29 is 21.8 Å². The van der Waals surface area contributed by atoms with Crippen LogP contribution in [0.15, 0.2) is 95.9 Å². The van der Waals surface area contributed by atoms with Gasteiger partial charge in [0.25, 0.3) is 10.1 Å². The minimum atomic E-state index is -4.46. The number of rotatable bonds is 9. The zero-order chi connectivity index (χ0) is 37.2. The maximum atomic E-state index is 16.0. The monoisotopic (exact) mass is 808 g/mol. The van der Waals surface area contributed by atoms with E-state index in [9.17, 15) is 13.0 Å². The van der Waals surface area contributed by atoms with Crippen molar-refractivity contribution >= 4 is 68.2 Å². The first kappa shape index (κ1) is 35.7. The molecule has 2 heterocycles. The minimum absolute atomic E-state index is 0.0684. The molecule has 1 N–H and O–H groups in total. The lowest BCUT2D eigenvalue weighted by molar-refractivity contribution is 0.483. The van der Waals surface area contributed by atoms with Crippen LogP contribution in [0.25, 0.3) is 45.5 Å². The van der Waals surface area contributed by atoms with Crippen LogP contribution in [0.5, 0.6) is 0 Å². The van der Waals surface area contributed by atoms with Crippen molar-refractivity contribution in [3.05, 3.63) is 145 Å². The Hall–Kier alpha value is -4.29. The predicted molar refractivity (Wildman–Crippen MR) is 205 cm³/mol. The van der Waals surface area contributed by atoms with Crippen molar-refractivity contribution in [1.29, 1.82) is 0 Å². The van der Waals surface area contributed by atoms with Gasteiger partial charge in [0.15, 0.2) is 0 Å². The summed E-state index contributed by atoms with van der Waals surface area (Å²) in [7, 11) is -4.46. The number of hydrogen-bond donors (Lipinski definition) is 1. The third-order valence-corrected chi connectivity index (χ3v) is 11.3. The molecule has 2 aliphatic carbocycles. The summed E-state index contributed by atoms with van der Waals surface area (Å²) in [4.78, 5) is -0.265. The molecule has 0 amide bonds. The number of fused-ring (bicyclic) bond motifs is 6. The van der Waals surface area contributed by atoms with E-state index in [1.54, 1.807) is 47.1 Å². The van der Waals surface area contributed by atoms with Crippen molar-refractivity contribution in [2.45, 2.75) is 37.0 Å². The van der Waals surface area contributed by atoms with E-state index in [1.165, 1.54) is 29.0 Å². The molecule has 0 aliphatic heterocycles. The van der Waals surface area contributed by atoms with Gasteiger partial charge in [0.1, 0.15) is 23.0 Å². The van der Waals surface area contributed by atoms with Crippen molar-refractivity contribution in [2.24, 2.45) is 0 Å². The van der Waals surface area contributed by atoms with Gasteiger partial charge in [-0.3, -0.25) is 4.55 Å². The Bertz CT molecular complexity index is 2670. The highest BCUT2D eigenvalue weighted by molar-refractivity contribution is 7.85. The third kappa shape index (κ3) is 6.51. The molecule has 2 aliphatic rings. The largest absolute Gasteiger partial charge is 0.294 e. The standard InChI is InChI=1S/C39H26Cl4F2N4O3S/c40-23-10-14-34(30(42)19-23)48-38-26-7-5-4-6-21(26)17-28(38)36(46-48)32(44)8-2-1-3-9-33(45)37-29-18-22-16-25(53(50,51)52)12-13-27(22)39(29)49(47-37)35-15-11-24(41)20-31(35)43/h4-16,19-20H,1-3,17-18H2,(H,50,51,52). The molecule has 2 aromatic heterocycles. The Morgan fingerprint density at radius 3 is 1.74 bits per heavy atom.